The Balaban J connectivity index is 1.88. The molecule has 2 rings (SSSR count). The second-order valence-electron chi connectivity index (χ2n) is 3.63. The minimum Gasteiger partial charge on any atom is -0.444 e. The topological polar surface area (TPSA) is 77.2 Å². The maximum Gasteiger partial charge on any atom is 0.413 e. The van der Waals surface area contributed by atoms with Gasteiger partial charge in [0.1, 0.15) is 6.61 Å². The lowest BCUT2D eigenvalue weighted by molar-refractivity contribution is 0.155. The van der Waals surface area contributed by atoms with Crippen LogP contribution in [0.5, 0.6) is 0 Å². The Morgan fingerprint density at radius 3 is 2.72 bits per heavy atom. The number of nitrogens with two attached hydrogens (primary N) is 1. The first-order valence-corrected chi connectivity index (χ1v) is 5.44. The predicted octanol–water partition coefficient (Wildman–Crippen LogP) is 2.41. The van der Waals surface area contributed by atoms with Gasteiger partial charge in [0.25, 0.3) is 0 Å². The van der Waals surface area contributed by atoms with Gasteiger partial charge in [-0.05, 0) is 17.7 Å². The third kappa shape index (κ3) is 3.21. The number of nitrogen functional groups attached to an aromatic ring is 1. The highest BCUT2D eigenvalue weighted by Crippen LogP contribution is 2.13. The van der Waals surface area contributed by atoms with Gasteiger partial charge in [0.15, 0.2) is 5.82 Å². The maximum atomic E-state index is 11.5. The second kappa shape index (κ2) is 5.67. The van der Waals surface area contributed by atoms with Crippen molar-refractivity contribution in [1.82, 2.24) is 4.98 Å². The summed E-state index contributed by atoms with van der Waals surface area (Å²) in [6.07, 6.45) is 0.965. The highest BCUT2D eigenvalue weighted by molar-refractivity contribution is 5.86. The number of ether oxygens (including phenoxy) is 1. The molecule has 0 atom stereocenters. The van der Waals surface area contributed by atoms with Crippen LogP contribution in [0.1, 0.15) is 5.56 Å². The van der Waals surface area contributed by atoms with E-state index in [4.69, 9.17) is 10.5 Å². The average Bonchev–Trinajstić information content (AvgIpc) is 2.40. The third-order valence-corrected chi connectivity index (χ3v) is 2.27. The monoisotopic (exact) mass is 243 g/mol. The number of nitrogens with one attached hydrogen (secondary N) is 1. The smallest absolute Gasteiger partial charge is 0.413 e. The molecule has 0 spiro atoms. The Morgan fingerprint density at radius 1 is 1.22 bits per heavy atom. The number of rotatable bonds is 3. The minimum atomic E-state index is -0.579. The number of amides is 1. The molecule has 0 saturated heterocycles. The molecule has 0 bridgehead atoms. The summed E-state index contributed by atoms with van der Waals surface area (Å²) in [4.78, 5) is 15.4. The van der Waals surface area contributed by atoms with Crippen LogP contribution in [-0.2, 0) is 11.3 Å². The molecule has 5 heteroatoms. The van der Waals surface area contributed by atoms with Crippen molar-refractivity contribution in [1.29, 1.82) is 0 Å². The highest BCUT2D eigenvalue weighted by atomic mass is 16.5. The first kappa shape index (κ1) is 11.9. The summed E-state index contributed by atoms with van der Waals surface area (Å²) in [7, 11) is 0. The third-order valence-electron chi connectivity index (χ3n) is 2.27. The molecule has 92 valence electrons. The fraction of sp³-hybridized carbons (Fsp3) is 0.0769. The highest BCUT2D eigenvalue weighted by Gasteiger charge is 2.06. The lowest BCUT2D eigenvalue weighted by Gasteiger charge is -2.07. The van der Waals surface area contributed by atoms with Gasteiger partial charge in [-0.1, -0.05) is 30.3 Å². The minimum absolute atomic E-state index is 0.208. The van der Waals surface area contributed by atoms with Crippen molar-refractivity contribution in [3.8, 4) is 0 Å². The molecule has 0 unspecified atom stereocenters. The van der Waals surface area contributed by atoms with E-state index in [1.807, 2.05) is 30.3 Å². The number of anilines is 2. The van der Waals surface area contributed by atoms with Gasteiger partial charge in [-0.2, -0.15) is 0 Å². The van der Waals surface area contributed by atoms with E-state index in [0.717, 1.165) is 5.56 Å². The van der Waals surface area contributed by atoms with E-state index < -0.39 is 6.09 Å². The van der Waals surface area contributed by atoms with Gasteiger partial charge < -0.3 is 10.5 Å². The molecule has 2 aromatic rings. The van der Waals surface area contributed by atoms with Crippen LogP contribution >= 0.6 is 0 Å². The van der Waals surface area contributed by atoms with Crippen molar-refractivity contribution in [3.63, 3.8) is 0 Å². The Morgan fingerprint density at radius 2 is 2.00 bits per heavy atom. The van der Waals surface area contributed by atoms with Crippen LogP contribution in [0.4, 0.5) is 16.3 Å². The number of carbonyl (C=O) groups is 1. The van der Waals surface area contributed by atoms with Crippen LogP contribution in [0.15, 0.2) is 48.7 Å². The average molecular weight is 243 g/mol. The van der Waals surface area contributed by atoms with E-state index in [1.165, 1.54) is 0 Å². The van der Waals surface area contributed by atoms with E-state index in [0.29, 0.717) is 11.5 Å². The fourth-order valence-electron chi connectivity index (χ4n) is 1.38. The standard InChI is InChI=1S/C13H13N3O2/c14-11-7-4-8-15-12(11)16-13(17)18-9-10-5-2-1-3-6-10/h1-8H,9,14H2,(H,15,16,17). The van der Waals surface area contributed by atoms with Gasteiger partial charge in [0.05, 0.1) is 5.69 Å². The van der Waals surface area contributed by atoms with Gasteiger partial charge in [0.2, 0.25) is 0 Å². The van der Waals surface area contributed by atoms with Crippen LogP contribution < -0.4 is 11.1 Å². The summed E-state index contributed by atoms with van der Waals surface area (Å²) >= 11 is 0. The summed E-state index contributed by atoms with van der Waals surface area (Å²) in [5.41, 5.74) is 6.96. The molecule has 0 saturated carbocycles. The molecule has 3 N–H and O–H groups in total. The molecular weight excluding hydrogens is 230 g/mol. The van der Waals surface area contributed by atoms with Crippen molar-refractivity contribution in [3.05, 3.63) is 54.2 Å². The fourth-order valence-corrected chi connectivity index (χ4v) is 1.38. The van der Waals surface area contributed by atoms with E-state index in [1.54, 1.807) is 18.3 Å². The Hall–Kier alpha value is -2.56. The van der Waals surface area contributed by atoms with Crippen LogP contribution in [-0.4, -0.2) is 11.1 Å². The number of hydrogen-bond donors (Lipinski definition) is 2. The van der Waals surface area contributed by atoms with Crippen molar-refractivity contribution >= 4 is 17.6 Å². The molecule has 1 heterocycles. The zero-order valence-electron chi connectivity index (χ0n) is 9.67. The first-order chi connectivity index (χ1) is 8.75. The molecule has 0 fully saturated rings. The van der Waals surface area contributed by atoms with Crippen LogP contribution in [0.3, 0.4) is 0 Å². The molecule has 1 aromatic heterocycles. The normalized spacial score (nSPS) is 9.78. The number of pyridine rings is 1. The molecule has 0 aliphatic heterocycles. The lowest BCUT2D eigenvalue weighted by atomic mass is 10.2. The van der Waals surface area contributed by atoms with Gasteiger partial charge >= 0.3 is 6.09 Å². The summed E-state index contributed by atoms with van der Waals surface area (Å²) in [5, 5.41) is 2.48. The zero-order valence-corrected chi connectivity index (χ0v) is 9.67. The van der Waals surface area contributed by atoms with Crippen LogP contribution in [0.25, 0.3) is 0 Å². The van der Waals surface area contributed by atoms with Gasteiger partial charge in [-0.25, -0.2) is 9.78 Å². The maximum absolute atomic E-state index is 11.5. The Bertz CT molecular complexity index is 529. The molecule has 1 amide bonds. The molecule has 1 aromatic carbocycles. The number of aromatic nitrogens is 1. The van der Waals surface area contributed by atoms with E-state index in [2.05, 4.69) is 10.3 Å². The van der Waals surface area contributed by atoms with Crippen molar-refractivity contribution in [2.24, 2.45) is 0 Å². The number of nitrogens with zero attached hydrogens (tertiary/aromatic N) is 1. The van der Waals surface area contributed by atoms with Gasteiger partial charge in [0, 0.05) is 6.20 Å². The second-order valence-corrected chi connectivity index (χ2v) is 3.63. The number of carbonyl (C=O) groups excluding carboxylic acids is 1. The summed E-state index contributed by atoms with van der Waals surface area (Å²) in [5.74, 6) is 0.301. The van der Waals surface area contributed by atoms with E-state index in [-0.39, 0.29) is 6.61 Å². The first-order valence-electron chi connectivity index (χ1n) is 5.44. The SMILES string of the molecule is Nc1cccnc1NC(=O)OCc1ccccc1. The van der Waals surface area contributed by atoms with Crippen LogP contribution in [0, 0.1) is 0 Å². The molecule has 18 heavy (non-hydrogen) atoms. The molecule has 0 aliphatic rings. The molecular formula is C13H13N3O2. The summed E-state index contributed by atoms with van der Waals surface area (Å²) in [6.45, 7) is 0.208. The van der Waals surface area contributed by atoms with E-state index >= 15 is 0 Å². The van der Waals surface area contributed by atoms with Crippen LogP contribution in [0.2, 0.25) is 0 Å². The number of benzene rings is 1. The van der Waals surface area contributed by atoms with Gasteiger partial charge in [-0.3, -0.25) is 5.32 Å². The van der Waals surface area contributed by atoms with Crippen molar-refractivity contribution in [2.75, 3.05) is 11.1 Å². The van der Waals surface area contributed by atoms with Crippen molar-refractivity contribution < 1.29 is 9.53 Å². The van der Waals surface area contributed by atoms with Crippen molar-refractivity contribution in [2.45, 2.75) is 6.61 Å². The lowest BCUT2D eigenvalue weighted by Crippen LogP contribution is -2.15. The summed E-state index contributed by atoms with van der Waals surface area (Å²) < 4.78 is 5.04. The predicted molar refractivity (Wildman–Crippen MR) is 68.9 cm³/mol. The summed E-state index contributed by atoms with van der Waals surface area (Å²) in [6, 6.07) is 12.8. The largest absolute Gasteiger partial charge is 0.444 e. The zero-order chi connectivity index (χ0) is 12.8. The molecule has 0 aliphatic carbocycles. The van der Waals surface area contributed by atoms with E-state index in [9.17, 15) is 4.79 Å². The molecule has 5 nitrogen and oxygen atoms in total. The quantitative estimate of drug-likeness (QED) is 0.867. The molecule has 0 radical (unpaired) electrons. The number of hydrogen-bond acceptors (Lipinski definition) is 4. The van der Waals surface area contributed by atoms with Gasteiger partial charge in [-0.15, -0.1) is 0 Å². The Kier molecular flexibility index (Phi) is 3.76. The Labute approximate surface area is 105 Å².